The third kappa shape index (κ3) is 4.55. The van der Waals surface area contributed by atoms with Crippen LogP contribution in [0.1, 0.15) is 45.7 Å². The average molecular weight is 293 g/mol. The molecule has 112 valence electrons. The minimum Gasteiger partial charge on any atom is -0.337 e. The number of rotatable bonds is 6. The summed E-state index contributed by atoms with van der Waals surface area (Å²) in [6.07, 6.45) is 0. The predicted molar refractivity (Wildman–Crippen MR) is 89.1 cm³/mol. The van der Waals surface area contributed by atoms with Crippen LogP contribution in [0.2, 0.25) is 0 Å². The topological polar surface area (TPSA) is 20.3 Å². The second kappa shape index (κ2) is 7.72. The van der Waals surface area contributed by atoms with Crippen LogP contribution in [0.25, 0.3) is 0 Å². The van der Waals surface area contributed by atoms with Crippen molar-refractivity contribution in [2.45, 2.75) is 64.6 Å². The minimum absolute atomic E-state index is 0.000550. The Bertz CT molecular complexity index is 434. The summed E-state index contributed by atoms with van der Waals surface area (Å²) in [6.45, 7) is 12.5. The molecule has 20 heavy (non-hydrogen) atoms. The van der Waals surface area contributed by atoms with Gasteiger partial charge in [-0.15, -0.1) is 11.8 Å². The van der Waals surface area contributed by atoms with Crippen molar-refractivity contribution >= 4 is 17.7 Å². The van der Waals surface area contributed by atoms with Crippen LogP contribution < -0.4 is 0 Å². The van der Waals surface area contributed by atoms with Gasteiger partial charge in [-0.2, -0.15) is 0 Å². The molecule has 0 radical (unpaired) electrons. The molecule has 0 spiro atoms. The molecular formula is C17H27NOS. The largest absolute Gasteiger partial charge is 0.337 e. The van der Waals surface area contributed by atoms with Crippen LogP contribution in [0, 0.1) is 6.92 Å². The van der Waals surface area contributed by atoms with E-state index in [1.54, 1.807) is 11.8 Å². The van der Waals surface area contributed by atoms with E-state index in [1.807, 2.05) is 11.8 Å². The van der Waals surface area contributed by atoms with E-state index < -0.39 is 0 Å². The fourth-order valence-corrected chi connectivity index (χ4v) is 3.39. The average Bonchev–Trinajstić information content (AvgIpc) is 2.36. The Hall–Kier alpha value is -0.960. The number of amides is 1. The zero-order valence-corrected chi connectivity index (χ0v) is 14.3. The molecule has 0 saturated carbocycles. The van der Waals surface area contributed by atoms with Crippen molar-refractivity contribution in [1.29, 1.82) is 0 Å². The van der Waals surface area contributed by atoms with E-state index >= 15 is 0 Å². The van der Waals surface area contributed by atoms with Gasteiger partial charge in [0.2, 0.25) is 5.91 Å². The number of nitrogens with zero attached hydrogens (tertiary/aromatic N) is 1. The molecule has 0 aliphatic carbocycles. The van der Waals surface area contributed by atoms with Gasteiger partial charge in [-0.25, -0.2) is 0 Å². The Morgan fingerprint density at radius 2 is 1.65 bits per heavy atom. The Kier molecular flexibility index (Phi) is 6.60. The van der Waals surface area contributed by atoms with Gasteiger partial charge >= 0.3 is 0 Å². The van der Waals surface area contributed by atoms with Crippen LogP contribution in [-0.2, 0) is 10.5 Å². The van der Waals surface area contributed by atoms with Crippen molar-refractivity contribution in [3.05, 3.63) is 35.4 Å². The Morgan fingerprint density at radius 3 is 2.15 bits per heavy atom. The van der Waals surface area contributed by atoms with Crippen molar-refractivity contribution in [1.82, 2.24) is 4.90 Å². The highest BCUT2D eigenvalue weighted by Crippen LogP contribution is 2.23. The van der Waals surface area contributed by atoms with E-state index in [0.717, 1.165) is 5.75 Å². The lowest BCUT2D eigenvalue weighted by Crippen LogP contribution is -2.45. The molecule has 0 N–H and O–H groups in total. The van der Waals surface area contributed by atoms with Crippen LogP contribution in [0.5, 0.6) is 0 Å². The maximum absolute atomic E-state index is 12.5. The van der Waals surface area contributed by atoms with Crippen molar-refractivity contribution in [2.24, 2.45) is 0 Å². The van der Waals surface area contributed by atoms with Crippen LogP contribution in [0.3, 0.4) is 0 Å². The summed E-state index contributed by atoms with van der Waals surface area (Å²) in [5.74, 6) is 1.14. The number of carbonyl (C=O) groups is 1. The molecule has 0 aliphatic heterocycles. The minimum atomic E-state index is -0.000550. The van der Waals surface area contributed by atoms with E-state index in [1.165, 1.54) is 11.1 Å². The molecule has 0 bridgehead atoms. The van der Waals surface area contributed by atoms with Crippen molar-refractivity contribution in [2.75, 3.05) is 0 Å². The van der Waals surface area contributed by atoms with Gasteiger partial charge in [0.15, 0.2) is 0 Å². The number of thioether (sulfide) groups is 1. The van der Waals surface area contributed by atoms with E-state index in [9.17, 15) is 4.79 Å². The summed E-state index contributed by atoms with van der Waals surface area (Å²) in [7, 11) is 0. The first-order valence-electron chi connectivity index (χ1n) is 7.32. The summed E-state index contributed by atoms with van der Waals surface area (Å²) in [6, 6.07) is 8.88. The zero-order valence-electron chi connectivity index (χ0n) is 13.5. The third-order valence-electron chi connectivity index (χ3n) is 3.47. The summed E-state index contributed by atoms with van der Waals surface area (Å²) < 4.78 is 0. The molecule has 0 heterocycles. The highest BCUT2D eigenvalue weighted by molar-refractivity contribution is 7.99. The Labute approximate surface area is 127 Å². The first-order valence-corrected chi connectivity index (χ1v) is 8.37. The Balaban J connectivity index is 2.64. The summed E-state index contributed by atoms with van der Waals surface area (Å²) in [5.41, 5.74) is 2.61. The van der Waals surface area contributed by atoms with Gasteiger partial charge in [0, 0.05) is 17.8 Å². The normalized spacial score (nSPS) is 12.8. The fourth-order valence-electron chi connectivity index (χ4n) is 2.37. The van der Waals surface area contributed by atoms with Crippen molar-refractivity contribution in [3.63, 3.8) is 0 Å². The third-order valence-corrected chi connectivity index (χ3v) is 4.64. The quantitative estimate of drug-likeness (QED) is 0.781. The Morgan fingerprint density at radius 1 is 1.10 bits per heavy atom. The van der Waals surface area contributed by atoms with Crippen molar-refractivity contribution in [3.8, 4) is 0 Å². The summed E-state index contributed by atoms with van der Waals surface area (Å²) in [5, 5.41) is -0.000550. The van der Waals surface area contributed by atoms with Gasteiger partial charge in [0.1, 0.15) is 0 Å². The van der Waals surface area contributed by atoms with Crippen LogP contribution >= 0.6 is 11.8 Å². The molecule has 0 saturated heterocycles. The van der Waals surface area contributed by atoms with Gasteiger partial charge in [0.05, 0.1) is 5.25 Å². The summed E-state index contributed by atoms with van der Waals surface area (Å²) >= 11 is 1.72. The highest BCUT2D eigenvalue weighted by atomic mass is 32.2. The zero-order chi connectivity index (χ0) is 15.3. The first-order chi connectivity index (χ1) is 9.34. The van der Waals surface area contributed by atoms with E-state index in [4.69, 9.17) is 0 Å². The number of benzene rings is 1. The fraction of sp³-hybridized carbons (Fsp3) is 0.588. The molecule has 0 aromatic heterocycles. The number of hydrogen-bond donors (Lipinski definition) is 0. The lowest BCUT2D eigenvalue weighted by atomic mass is 10.1. The molecule has 3 heteroatoms. The molecule has 1 aromatic carbocycles. The van der Waals surface area contributed by atoms with Gasteiger partial charge in [-0.05, 0) is 52.7 Å². The van der Waals surface area contributed by atoms with Crippen molar-refractivity contribution < 1.29 is 4.79 Å². The van der Waals surface area contributed by atoms with Crippen LogP contribution in [0.15, 0.2) is 24.3 Å². The molecule has 1 aromatic rings. The first kappa shape index (κ1) is 17.1. The number of carbonyl (C=O) groups excluding carboxylic acids is 1. The molecular weight excluding hydrogens is 266 g/mol. The molecule has 1 amide bonds. The molecule has 1 rings (SSSR count). The second-order valence-electron chi connectivity index (χ2n) is 5.81. The second-order valence-corrected chi connectivity index (χ2v) is 7.14. The van der Waals surface area contributed by atoms with Crippen LogP contribution in [0.4, 0.5) is 0 Å². The van der Waals surface area contributed by atoms with Gasteiger partial charge < -0.3 is 4.90 Å². The molecule has 0 aliphatic rings. The molecule has 0 unspecified atom stereocenters. The number of hydrogen-bond acceptors (Lipinski definition) is 2. The summed E-state index contributed by atoms with van der Waals surface area (Å²) in [4.78, 5) is 14.5. The van der Waals surface area contributed by atoms with Gasteiger partial charge in [0.25, 0.3) is 0 Å². The van der Waals surface area contributed by atoms with E-state index in [2.05, 4.69) is 58.9 Å². The highest BCUT2D eigenvalue weighted by Gasteiger charge is 2.25. The van der Waals surface area contributed by atoms with E-state index in [-0.39, 0.29) is 23.2 Å². The molecule has 1 atom stereocenters. The smallest absolute Gasteiger partial charge is 0.235 e. The lowest BCUT2D eigenvalue weighted by Gasteiger charge is -2.33. The SMILES string of the molecule is Cc1ccccc1CS[C@H](C)C(=O)N(C(C)C)C(C)C. The standard InChI is InChI=1S/C17H27NOS/c1-12(2)18(13(3)4)17(19)15(6)20-11-16-10-8-7-9-14(16)5/h7-10,12-13,15H,11H2,1-6H3/t15-/m1/s1. The van der Waals surface area contributed by atoms with Gasteiger partial charge in [-0.1, -0.05) is 24.3 Å². The maximum atomic E-state index is 12.5. The predicted octanol–water partition coefficient (Wildman–Crippen LogP) is 4.26. The number of aryl methyl sites for hydroxylation is 1. The lowest BCUT2D eigenvalue weighted by molar-refractivity contribution is -0.133. The molecule has 0 fully saturated rings. The van der Waals surface area contributed by atoms with Gasteiger partial charge in [-0.3, -0.25) is 4.79 Å². The molecule has 2 nitrogen and oxygen atoms in total. The maximum Gasteiger partial charge on any atom is 0.235 e. The van der Waals surface area contributed by atoms with E-state index in [0.29, 0.717) is 0 Å². The monoisotopic (exact) mass is 293 g/mol. The van der Waals surface area contributed by atoms with Crippen LogP contribution in [-0.4, -0.2) is 28.1 Å².